The molecule has 3 N–H and O–H groups in total. The first kappa shape index (κ1) is 36.7. The van der Waals surface area contributed by atoms with Crippen LogP contribution in [0.3, 0.4) is 0 Å². The van der Waals surface area contributed by atoms with Crippen LogP contribution >= 0.6 is 0 Å². The minimum atomic E-state index is -1.02. The molecule has 1 aromatic heterocycles. The van der Waals surface area contributed by atoms with Gasteiger partial charge in [-0.05, 0) is 62.5 Å². The van der Waals surface area contributed by atoms with Gasteiger partial charge in [0, 0.05) is 31.5 Å². The molecule has 2 aliphatic rings. The fourth-order valence-corrected chi connectivity index (χ4v) is 6.83. The van der Waals surface area contributed by atoms with Gasteiger partial charge < -0.3 is 30.4 Å². The number of benzene rings is 1. The van der Waals surface area contributed by atoms with E-state index in [-0.39, 0.29) is 36.2 Å². The highest BCUT2D eigenvalue weighted by atomic mass is 16.6. The Balaban J connectivity index is 1.62. The maximum absolute atomic E-state index is 14.1. The van der Waals surface area contributed by atoms with E-state index >= 15 is 0 Å². The van der Waals surface area contributed by atoms with E-state index < -0.39 is 36.0 Å². The number of ether oxygens (including phenoxy) is 1. The summed E-state index contributed by atoms with van der Waals surface area (Å²) in [5, 5.41) is 9.80. The first-order valence-corrected chi connectivity index (χ1v) is 17.6. The van der Waals surface area contributed by atoms with Crippen LogP contribution in [0.4, 0.5) is 0 Å². The van der Waals surface area contributed by atoms with Crippen LogP contribution in [-0.2, 0) is 35.1 Å². The van der Waals surface area contributed by atoms with Gasteiger partial charge in [-0.1, -0.05) is 58.2 Å². The monoisotopic (exact) mass is 667 g/mol. The molecule has 264 valence electrons. The fourth-order valence-electron chi connectivity index (χ4n) is 6.83. The molecule has 2 aliphatic heterocycles. The molecule has 12 nitrogen and oxygen atoms in total. The zero-order chi connectivity index (χ0) is 34.8. The third kappa shape index (κ3) is 9.08. The lowest BCUT2D eigenvalue weighted by atomic mass is 9.93. The first-order chi connectivity index (χ1) is 23.1. The highest BCUT2D eigenvalue weighted by Crippen LogP contribution is 2.25. The normalized spacial score (nSPS) is 23.6. The zero-order valence-corrected chi connectivity index (χ0v) is 29.1. The minimum absolute atomic E-state index is 0.149. The third-order valence-electron chi connectivity index (χ3n) is 9.82. The molecule has 4 amide bonds. The molecule has 0 bridgehead atoms. The Morgan fingerprint density at radius 1 is 0.938 bits per heavy atom. The van der Waals surface area contributed by atoms with Crippen molar-refractivity contribution in [2.45, 2.75) is 129 Å². The van der Waals surface area contributed by atoms with Gasteiger partial charge in [-0.2, -0.15) is 4.73 Å². The summed E-state index contributed by atoms with van der Waals surface area (Å²) in [5.41, 5.74) is 1.61. The molecule has 0 radical (unpaired) electrons. The maximum atomic E-state index is 14.1. The predicted octanol–water partition coefficient (Wildman–Crippen LogP) is 3.43. The van der Waals surface area contributed by atoms with Crippen LogP contribution in [-0.4, -0.2) is 83.2 Å². The molecule has 0 saturated carbocycles. The number of para-hydroxylation sites is 1. The topological polar surface area (TPSA) is 148 Å². The van der Waals surface area contributed by atoms with Crippen molar-refractivity contribution in [2.24, 2.45) is 5.92 Å². The number of carbonyl (C=O) groups is 5. The number of rotatable bonds is 13. The lowest BCUT2D eigenvalue weighted by molar-refractivity contribution is -0.147. The van der Waals surface area contributed by atoms with Crippen molar-refractivity contribution < 1.29 is 33.5 Å². The summed E-state index contributed by atoms with van der Waals surface area (Å²) >= 11 is 0. The summed E-state index contributed by atoms with van der Waals surface area (Å²) in [6.07, 6.45) is 8.48. The van der Waals surface area contributed by atoms with E-state index in [0.29, 0.717) is 38.6 Å². The third-order valence-corrected chi connectivity index (χ3v) is 9.82. The highest BCUT2D eigenvalue weighted by molar-refractivity contribution is 5.98. The summed E-state index contributed by atoms with van der Waals surface area (Å²) < 4.78 is 6.98. The van der Waals surface area contributed by atoms with E-state index in [0.717, 1.165) is 48.6 Å². The SMILES string of the molecule is CCC(CCCCC[C@@H]1NC(=O)[C@H]2CCCCN2C(=O)[C@H](C(C)CC)NC(=O)[C@H](Cc2cn(OC)c3ccccc23)NC1=O)OC(C)=O. The number of esters is 1. The Hall–Kier alpha value is -4.09. The molecule has 4 rings (SSSR count). The molecule has 3 heterocycles. The van der Waals surface area contributed by atoms with E-state index in [1.807, 2.05) is 45.0 Å². The fraction of sp³-hybridized carbons (Fsp3) is 0.639. The van der Waals surface area contributed by atoms with Gasteiger partial charge in [0.1, 0.15) is 37.4 Å². The Kier molecular flexibility index (Phi) is 13.3. The summed E-state index contributed by atoms with van der Waals surface area (Å²) in [6.45, 7) is 7.67. The van der Waals surface area contributed by atoms with Crippen LogP contribution < -0.4 is 20.8 Å². The van der Waals surface area contributed by atoms with Crippen molar-refractivity contribution in [3.63, 3.8) is 0 Å². The highest BCUT2D eigenvalue weighted by Gasteiger charge is 2.41. The Morgan fingerprint density at radius 2 is 1.67 bits per heavy atom. The maximum Gasteiger partial charge on any atom is 0.302 e. The number of unbranched alkanes of at least 4 members (excludes halogenated alkanes) is 2. The van der Waals surface area contributed by atoms with Crippen molar-refractivity contribution in [1.82, 2.24) is 25.6 Å². The smallest absolute Gasteiger partial charge is 0.302 e. The minimum Gasteiger partial charge on any atom is -0.463 e. The molecule has 2 saturated heterocycles. The molecular formula is C36H53N5O7. The second kappa shape index (κ2) is 17.3. The number of aromatic nitrogens is 1. The largest absolute Gasteiger partial charge is 0.463 e. The molecule has 6 atom stereocenters. The van der Waals surface area contributed by atoms with Crippen LogP contribution in [0.2, 0.25) is 0 Å². The first-order valence-electron chi connectivity index (χ1n) is 17.6. The van der Waals surface area contributed by atoms with E-state index in [1.54, 1.807) is 22.9 Å². The van der Waals surface area contributed by atoms with Gasteiger partial charge in [0.15, 0.2) is 0 Å². The Morgan fingerprint density at radius 3 is 2.38 bits per heavy atom. The number of nitrogens with one attached hydrogen (secondary N) is 3. The standard InChI is InChI=1S/C36H53N5O7/c1-6-23(3)32-36(46)40-20-14-13-19-31(40)35(45)37-28(17-10-8-9-15-26(7-2)48-24(4)42)33(43)38-29(34(44)39-32)21-25-22-41(47-5)30-18-12-11-16-27(25)30/h11-12,16,18,22-23,26,28-29,31-32H,6-10,13-15,17,19-21H2,1-5H3,(H,37,45)(H,38,43)(H,39,44)/t23?,26?,28-,29-,31+,32-/m0/s1. The van der Waals surface area contributed by atoms with Crippen LogP contribution in [0.25, 0.3) is 10.9 Å². The molecule has 2 unspecified atom stereocenters. The number of piperidine rings is 1. The second-order valence-electron chi connectivity index (χ2n) is 13.2. The summed E-state index contributed by atoms with van der Waals surface area (Å²) in [7, 11) is 1.56. The zero-order valence-electron chi connectivity index (χ0n) is 29.1. The van der Waals surface area contributed by atoms with Gasteiger partial charge in [0.25, 0.3) is 0 Å². The molecule has 1 aromatic carbocycles. The number of amides is 4. The lowest BCUT2D eigenvalue weighted by Gasteiger charge is -2.39. The van der Waals surface area contributed by atoms with Gasteiger partial charge >= 0.3 is 5.97 Å². The summed E-state index contributed by atoms with van der Waals surface area (Å²) in [4.78, 5) is 74.6. The average Bonchev–Trinajstić information content (AvgIpc) is 3.44. The van der Waals surface area contributed by atoms with Crippen LogP contribution in [0.15, 0.2) is 30.5 Å². The number of nitrogens with zero attached hydrogens (tertiary/aromatic N) is 2. The number of hydrogen-bond donors (Lipinski definition) is 3. The van der Waals surface area contributed by atoms with Crippen molar-refractivity contribution >= 4 is 40.5 Å². The van der Waals surface area contributed by atoms with Crippen molar-refractivity contribution in [2.75, 3.05) is 13.7 Å². The van der Waals surface area contributed by atoms with E-state index in [4.69, 9.17) is 9.57 Å². The lowest BCUT2D eigenvalue weighted by Crippen LogP contribution is -2.64. The Labute approximate surface area is 283 Å². The Bertz CT molecular complexity index is 1440. The van der Waals surface area contributed by atoms with E-state index in [9.17, 15) is 24.0 Å². The summed E-state index contributed by atoms with van der Waals surface area (Å²) in [5.74, 6) is -2.01. The van der Waals surface area contributed by atoms with Crippen molar-refractivity contribution in [3.8, 4) is 0 Å². The molecule has 0 aliphatic carbocycles. The molecule has 2 aromatic rings. The van der Waals surface area contributed by atoms with Crippen LogP contribution in [0.5, 0.6) is 0 Å². The summed E-state index contributed by atoms with van der Waals surface area (Å²) in [6, 6.07) is 4.18. The average molecular weight is 668 g/mol. The van der Waals surface area contributed by atoms with E-state index in [1.165, 1.54) is 6.92 Å². The quantitative estimate of drug-likeness (QED) is 0.219. The van der Waals surface area contributed by atoms with Gasteiger partial charge in [-0.15, -0.1) is 0 Å². The number of fused-ring (bicyclic) bond motifs is 2. The number of carbonyl (C=O) groups excluding carboxylic acids is 5. The van der Waals surface area contributed by atoms with Crippen molar-refractivity contribution in [3.05, 3.63) is 36.0 Å². The van der Waals surface area contributed by atoms with Crippen LogP contribution in [0, 0.1) is 5.92 Å². The van der Waals surface area contributed by atoms with Gasteiger partial charge in [0.05, 0.1) is 5.52 Å². The van der Waals surface area contributed by atoms with E-state index in [2.05, 4.69) is 16.0 Å². The molecule has 2 fully saturated rings. The van der Waals surface area contributed by atoms with Crippen molar-refractivity contribution in [1.29, 1.82) is 0 Å². The molecule has 48 heavy (non-hydrogen) atoms. The van der Waals surface area contributed by atoms with Gasteiger partial charge in [0.2, 0.25) is 23.6 Å². The number of hydrogen-bond acceptors (Lipinski definition) is 7. The molecule has 0 spiro atoms. The molecule has 12 heteroatoms. The molecular weight excluding hydrogens is 614 g/mol. The van der Waals surface area contributed by atoms with Gasteiger partial charge in [-0.25, -0.2) is 0 Å². The second-order valence-corrected chi connectivity index (χ2v) is 13.2. The van der Waals surface area contributed by atoms with Gasteiger partial charge in [-0.3, -0.25) is 24.0 Å². The van der Waals surface area contributed by atoms with Crippen LogP contribution in [0.1, 0.15) is 97.5 Å². The predicted molar refractivity (Wildman–Crippen MR) is 182 cm³/mol.